The van der Waals surface area contributed by atoms with Crippen molar-refractivity contribution < 1.29 is 13.9 Å². The van der Waals surface area contributed by atoms with Gasteiger partial charge in [-0.25, -0.2) is 9.18 Å². The van der Waals surface area contributed by atoms with Gasteiger partial charge in [0.15, 0.2) is 0 Å². The van der Waals surface area contributed by atoms with E-state index in [2.05, 4.69) is 0 Å². The van der Waals surface area contributed by atoms with Crippen LogP contribution in [0.2, 0.25) is 0 Å². The van der Waals surface area contributed by atoms with Crippen LogP contribution in [0.5, 0.6) is 0 Å². The lowest BCUT2D eigenvalue weighted by atomic mass is 9.88. The van der Waals surface area contributed by atoms with Crippen molar-refractivity contribution in [3.8, 4) is 0 Å². The van der Waals surface area contributed by atoms with Crippen molar-refractivity contribution in [3.63, 3.8) is 0 Å². The van der Waals surface area contributed by atoms with Crippen LogP contribution in [0.4, 0.5) is 9.18 Å². The molecule has 2 rings (SSSR count). The van der Waals surface area contributed by atoms with Gasteiger partial charge in [-0.05, 0) is 24.1 Å². The second-order valence-electron chi connectivity index (χ2n) is 4.62. The van der Waals surface area contributed by atoms with Crippen LogP contribution in [0.1, 0.15) is 17.9 Å². The highest BCUT2D eigenvalue weighted by molar-refractivity contribution is 5.67. The summed E-state index contributed by atoms with van der Waals surface area (Å²) in [5.41, 5.74) is 6.81. The van der Waals surface area contributed by atoms with Crippen LogP contribution in [-0.2, 0) is 4.74 Å². The van der Waals surface area contributed by atoms with Crippen LogP contribution in [0.3, 0.4) is 0 Å². The number of carbonyl (C=O) groups excluding carboxylic acids is 1. The Hall–Kier alpha value is -1.62. The normalized spacial score (nSPS) is 23.8. The third-order valence-corrected chi connectivity index (χ3v) is 3.24. The van der Waals surface area contributed by atoms with Crippen LogP contribution >= 0.6 is 0 Å². The Morgan fingerprint density at radius 1 is 1.50 bits per heavy atom. The average Bonchev–Trinajstić information content (AvgIpc) is 2.37. The second kappa shape index (κ2) is 5.35. The molecule has 0 spiro atoms. The Bertz CT molecular complexity index is 439. The summed E-state index contributed by atoms with van der Waals surface area (Å²) in [6.07, 6.45) is 0.364. The third-order valence-electron chi connectivity index (χ3n) is 3.24. The number of carbonyl (C=O) groups is 1. The number of benzene rings is 1. The molecule has 0 radical (unpaired) electrons. The minimum absolute atomic E-state index is 0.0588. The zero-order chi connectivity index (χ0) is 13.1. The number of ether oxygens (including phenoxy) is 1. The Labute approximate surface area is 106 Å². The smallest absolute Gasteiger partial charge is 0.409 e. The van der Waals surface area contributed by atoms with E-state index in [1.807, 2.05) is 6.07 Å². The fraction of sp³-hybridized carbons (Fsp3) is 0.462. The summed E-state index contributed by atoms with van der Waals surface area (Å²) < 4.78 is 17.9. The number of hydrogen-bond donors (Lipinski definition) is 1. The maximum absolute atomic E-state index is 13.2. The first-order valence-corrected chi connectivity index (χ1v) is 5.94. The van der Waals surface area contributed by atoms with Gasteiger partial charge in [0.2, 0.25) is 0 Å². The Morgan fingerprint density at radius 3 is 2.94 bits per heavy atom. The molecule has 2 N–H and O–H groups in total. The topological polar surface area (TPSA) is 55.6 Å². The van der Waals surface area contributed by atoms with Crippen molar-refractivity contribution in [2.24, 2.45) is 5.73 Å². The average molecular weight is 252 g/mol. The third kappa shape index (κ3) is 2.79. The first-order chi connectivity index (χ1) is 8.60. The highest BCUT2D eigenvalue weighted by atomic mass is 19.1. The molecule has 0 saturated carbocycles. The summed E-state index contributed by atoms with van der Waals surface area (Å²) in [6.45, 7) is 1.00. The van der Waals surface area contributed by atoms with Crippen molar-refractivity contribution in [1.82, 2.24) is 4.90 Å². The van der Waals surface area contributed by atoms with E-state index in [1.165, 1.54) is 19.2 Å². The van der Waals surface area contributed by atoms with Crippen LogP contribution < -0.4 is 5.73 Å². The van der Waals surface area contributed by atoms with Crippen molar-refractivity contribution in [2.75, 3.05) is 20.2 Å². The first kappa shape index (κ1) is 12.8. The van der Waals surface area contributed by atoms with Gasteiger partial charge in [-0.2, -0.15) is 0 Å². The summed E-state index contributed by atoms with van der Waals surface area (Å²) in [5.74, 6) is -0.209. The molecule has 1 heterocycles. The van der Waals surface area contributed by atoms with E-state index in [0.717, 1.165) is 12.0 Å². The number of piperidine rings is 1. The van der Waals surface area contributed by atoms with Crippen molar-refractivity contribution in [3.05, 3.63) is 35.6 Å². The Balaban J connectivity index is 2.15. The zero-order valence-electron chi connectivity index (χ0n) is 10.3. The van der Waals surface area contributed by atoms with E-state index in [1.54, 1.807) is 11.0 Å². The molecule has 1 saturated heterocycles. The zero-order valence-corrected chi connectivity index (χ0v) is 10.3. The molecule has 2 unspecified atom stereocenters. The van der Waals surface area contributed by atoms with Crippen LogP contribution in [0.15, 0.2) is 24.3 Å². The molecule has 1 aromatic carbocycles. The first-order valence-electron chi connectivity index (χ1n) is 5.94. The number of likely N-dealkylation sites (tertiary alicyclic amines) is 1. The van der Waals surface area contributed by atoms with E-state index >= 15 is 0 Å². The number of nitrogens with zero attached hydrogens (tertiary/aromatic N) is 1. The van der Waals surface area contributed by atoms with Crippen molar-refractivity contribution >= 4 is 6.09 Å². The van der Waals surface area contributed by atoms with Gasteiger partial charge in [0, 0.05) is 25.0 Å². The minimum atomic E-state index is -0.383. The second-order valence-corrected chi connectivity index (χ2v) is 4.62. The van der Waals surface area contributed by atoms with E-state index in [4.69, 9.17) is 10.5 Å². The molecule has 1 aromatic rings. The lowest BCUT2D eigenvalue weighted by molar-refractivity contribution is 0.106. The molecule has 0 aliphatic carbocycles. The SMILES string of the molecule is COC(=O)N1CC(N)CC(c2cccc(F)c2)C1. The van der Waals surface area contributed by atoms with Crippen LogP contribution in [0.25, 0.3) is 0 Å². The van der Waals surface area contributed by atoms with Gasteiger partial charge in [0.25, 0.3) is 0 Å². The summed E-state index contributed by atoms with van der Waals surface area (Å²) in [5, 5.41) is 0. The van der Waals surface area contributed by atoms with E-state index in [0.29, 0.717) is 13.1 Å². The molecular formula is C13H17FN2O2. The number of amides is 1. The lowest BCUT2D eigenvalue weighted by Gasteiger charge is -2.35. The van der Waals surface area contributed by atoms with E-state index in [-0.39, 0.29) is 23.9 Å². The molecule has 18 heavy (non-hydrogen) atoms. The minimum Gasteiger partial charge on any atom is -0.453 e. The Kier molecular flexibility index (Phi) is 3.81. The maximum Gasteiger partial charge on any atom is 0.409 e. The summed E-state index contributed by atoms with van der Waals surface area (Å²) in [4.78, 5) is 13.1. The van der Waals surface area contributed by atoms with Gasteiger partial charge >= 0.3 is 6.09 Å². The lowest BCUT2D eigenvalue weighted by Crippen LogP contribution is -2.48. The standard InChI is InChI=1S/C13H17FN2O2/c1-18-13(17)16-7-10(6-12(15)8-16)9-3-2-4-11(14)5-9/h2-5,10,12H,6-8,15H2,1H3. The van der Waals surface area contributed by atoms with Crippen molar-refractivity contribution in [1.29, 1.82) is 0 Å². The quantitative estimate of drug-likeness (QED) is 0.827. The summed E-state index contributed by atoms with van der Waals surface area (Å²) in [6, 6.07) is 6.34. The number of methoxy groups -OCH3 is 1. The number of halogens is 1. The molecule has 0 bridgehead atoms. The fourth-order valence-electron chi connectivity index (χ4n) is 2.42. The van der Waals surface area contributed by atoms with Crippen molar-refractivity contribution in [2.45, 2.75) is 18.4 Å². The highest BCUT2D eigenvalue weighted by Gasteiger charge is 2.29. The maximum atomic E-state index is 13.2. The van der Waals surface area contributed by atoms with Gasteiger partial charge in [-0.3, -0.25) is 0 Å². The summed E-state index contributed by atoms with van der Waals surface area (Å²) in [7, 11) is 1.35. The monoisotopic (exact) mass is 252 g/mol. The molecule has 2 atom stereocenters. The van der Waals surface area contributed by atoms with Gasteiger partial charge in [0.05, 0.1) is 7.11 Å². The molecule has 0 aromatic heterocycles. The van der Waals surface area contributed by atoms with Crippen LogP contribution in [-0.4, -0.2) is 37.2 Å². The molecule has 1 amide bonds. The predicted octanol–water partition coefficient (Wildman–Crippen LogP) is 1.71. The fourth-order valence-corrected chi connectivity index (χ4v) is 2.42. The molecular weight excluding hydrogens is 235 g/mol. The number of hydrogen-bond acceptors (Lipinski definition) is 3. The largest absolute Gasteiger partial charge is 0.453 e. The molecule has 98 valence electrons. The van der Waals surface area contributed by atoms with Gasteiger partial charge in [0.1, 0.15) is 5.82 Å². The summed E-state index contributed by atoms with van der Waals surface area (Å²) >= 11 is 0. The van der Waals surface area contributed by atoms with Gasteiger partial charge < -0.3 is 15.4 Å². The highest BCUT2D eigenvalue weighted by Crippen LogP contribution is 2.27. The number of nitrogens with two attached hydrogens (primary N) is 1. The number of rotatable bonds is 1. The van der Waals surface area contributed by atoms with Gasteiger partial charge in [-0.15, -0.1) is 0 Å². The van der Waals surface area contributed by atoms with Crippen LogP contribution in [0, 0.1) is 5.82 Å². The van der Waals surface area contributed by atoms with Gasteiger partial charge in [-0.1, -0.05) is 12.1 Å². The molecule has 4 nitrogen and oxygen atoms in total. The molecule has 5 heteroatoms. The van der Waals surface area contributed by atoms with E-state index < -0.39 is 0 Å². The molecule has 1 aliphatic rings. The molecule has 1 fully saturated rings. The van der Waals surface area contributed by atoms with E-state index in [9.17, 15) is 9.18 Å². The predicted molar refractivity (Wildman–Crippen MR) is 65.7 cm³/mol. The Morgan fingerprint density at radius 2 is 2.28 bits per heavy atom. The molecule has 1 aliphatic heterocycles.